The van der Waals surface area contributed by atoms with Gasteiger partial charge in [0.25, 0.3) is 0 Å². The summed E-state index contributed by atoms with van der Waals surface area (Å²) >= 11 is 0. The Labute approximate surface area is 152 Å². The van der Waals surface area contributed by atoms with Crippen LogP contribution in [0.3, 0.4) is 0 Å². The molecule has 0 amide bonds. The number of methoxy groups -OCH3 is 1. The van der Waals surface area contributed by atoms with E-state index in [1.165, 1.54) is 25.7 Å². The highest BCUT2D eigenvalue weighted by atomic mass is 16.5. The molecule has 1 aliphatic heterocycles. The van der Waals surface area contributed by atoms with Crippen LogP contribution in [-0.4, -0.2) is 37.1 Å². The number of allylic oxidation sites excluding steroid dienone is 1. The third-order valence-electron chi connectivity index (χ3n) is 9.45. The van der Waals surface area contributed by atoms with E-state index < -0.39 is 0 Å². The SMILES string of the molecule is CO[C@H]1C[C@@H]2OC[C@@]23C(=CC[C@@H]2[C@H]4CC[C@@H](O)[C@]4(C)CC[C@H]23)C1(C)C. The molecule has 1 heterocycles. The van der Waals surface area contributed by atoms with Crippen molar-refractivity contribution in [1.82, 2.24) is 0 Å². The summed E-state index contributed by atoms with van der Waals surface area (Å²) in [6.45, 7) is 8.05. The summed E-state index contributed by atoms with van der Waals surface area (Å²) in [5, 5.41) is 10.6. The second kappa shape index (κ2) is 5.11. The molecule has 0 aromatic carbocycles. The summed E-state index contributed by atoms with van der Waals surface area (Å²) in [7, 11) is 1.86. The molecule has 0 aromatic heterocycles. The Morgan fingerprint density at radius 2 is 1.96 bits per heavy atom. The Morgan fingerprint density at radius 1 is 1.16 bits per heavy atom. The van der Waals surface area contributed by atoms with E-state index in [4.69, 9.17) is 9.47 Å². The molecule has 0 aromatic rings. The standard InChI is InChI=1S/C22H34O3/c1-20(2)16-7-5-13-14-6-8-17(23)21(14,3)10-9-15(13)22(16)12-25-19(22)11-18(20)24-4/h7,13-15,17-19,23H,5-6,8-12H2,1-4H3/t13-,14-,15-,17-,18+,19+,21-,22-/m1/s1. The summed E-state index contributed by atoms with van der Waals surface area (Å²) < 4.78 is 12.0. The minimum atomic E-state index is -0.0876. The summed E-state index contributed by atoms with van der Waals surface area (Å²) in [5.41, 5.74) is 2.16. The van der Waals surface area contributed by atoms with Crippen molar-refractivity contribution in [2.45, 2.75) is 77.6 Å². The van der Waals surface area contributed by atoms with Crippen LogP contribution in [0.15, 0.2) is 11.6 Å². The topological polar surface area (TPSA) is 38.7 Å². The Morgan fingerprint density at radius 3 is 2.64 bits per heavy atom. The normalized spacial score (nSPS) is 56.0. The van der Waals surface area contributed by atoms with Crippen LogP contribution in [-0.2, 0) is 9.47 Å². The van der Waals surface area contributed by atoms with Gasteiger partial charge in [-0.2, -0.15) is 0 Å². The number of hydrogen-bond donors (Lipinski definition) is 1. The number of rotatable bonds is 1. The fraction of sp³-hybridized carbons (Fsp3) is 0.909. The van der Waals surface area contributed by atoms with E-state index in [0.29, 0.717) is 12.0 Å². The van der Waals surface area contributed by atoms with Crippen LogP contribution in [0.5, 0.6) is 0 Å². The van der Waals surface area contributed by atoms with Crippen molar-refractivity contribution in [3.8, 4) is 0 Å². The van der Waals surface area contributed by atoms with Gasteiger partial charge in [0.15, 0.2) is 0 Å². The van der Waals surface area contributed by atoms with Crippen molar-refractivity contribution in [2.24, 2.45) is 34.0 Å². The van der Waals surface area contributed by atoms with Crippen LogP contribution < -0.4 is 0 Å². The first-order valence-corrected chi connectivity index (χ1v) is 10.4. The number of ether oxygens (including phenoxy) is 2. The van der Waals surface area contributed by atoms with Crippen LogP contribution in [0.1, 0.15) is 59.3 Å². The minimum absolute atomic E-state index is 0.0876. The molecular weight excluding hydrogens is 312 g/mol. The molecule has 1 saturated heterocycles. The lowest BCUT2D eigenvalue weighted by atomic mass is 9.42. The van der Waals surface area contributed by atoms with Gasteiger partial charge >= 0.3 is 0 Å². The van der Waals surface area contributed by atoms with E-state index in [1.54, 1.807) is 5.57 Å². The van der Waals surface area contributed by atoms with E-state index >= 15 is 0 Å². The van der Waals surface area contributed by atoms with Crippen molar-refractivity contribution in [3.05, 3.63) is 11.6 Å². The van der Waals surface area contributed by atoms with Crippen molar-refractivity contribution in [1.29, 1.82) is 0 Å². The zero-order valence-corrected chi connectivity index (χ0v) is 16.3. The van der Waals surface area contributed by atoms with Gasteiger partial charge < -0.3 is 14.6 Å². The molecule has 0 radical (unpaired) electrons. The van der Waals surface area contributed by atoms with Gasteiger partial charge in [-0.25, -0.2) is 0 Å². The molecule has 5 rings (SSSR count). The van der Waals surface area contributed by atoms with E-state index in [9.17, 15) is 5.11 Å². The maximum Gasteiger partial charge on any atom is 0.0719 e. The molecule has 1 N–H and O–H groups in total. The molecule has 3 nitrogen and oxygen atoms in total. The van der Waals surface area contributed by atoms with E-state index in [1.807, 2.05) is 7.11 Å². The molecule has 4 fully saturated rings. The Hall–Kier alpha value is -0.380. The average molecular weight is 347 g/mol. The lowest BCUT2D eigenvalue weighted by Gasteiger charge is -2.68. The molecule has 25 heavy (non-hydrogen) atoms. The second-order valence-electron chi connectivity index (χ2n) is 10.4. The number of aliphatic hydroxyl groups is 1. The summed E-state index contributed by atoms with van der Waals surface area (Å²) in [6, 6.07) is 0. The molecule has 0 unspecified atom stereocenters. The molecule has 0 bridgehead atoms. The fourth-order valence-corrected chi connectivity index (χ4v) is 8.04. The molecular formula is C22H34O3. The van der Waals surface area contributed by atoms with Gasteiger partial charge in [-0.15, -0.1) is 0 Å². The first-order valence-electron chi connectivity index (χ1n) is 10.4. The summed E-state index contributed by atoms with van der Waals surface area (Å²) in [4.78, 5) is 0. The minimum Gasteiger partial charge on any atom is -0.393 e. The molecule has 1 spiro atoms. The maximum atomic E-state index is 10.6. The van der Waals surface area contributed by atoms with Gasteiger partial charge in [0, 0.05) is 24.4 Å². The van der Waals surface area contributed by atoms with Crippen LogP contribution in [0.2, 0.25) is 0 Å². The van der Waals surface area contributed by atoms with Gasteiger partial charge in [-0.05, 0) is 55.3 Å². The van der Waals surface area contributed by atoms with E-state index in [-0.39, 0.29) is 28.5 Å². The predicted octanol–water partition coefficient (Wildman–Crippen LogP) is 3.95. The number of fused-ring (bicyclic) bond motifs is 3. The smallest absolute Gasteiger partial charge is 0.0719 e. The van der Waals surface area contributed by atoms with Crippen molar-refractivity contribution in [2.75, 3.05) is 13.7 Å². The van der Waals surface area contributed by atoms with Crippen LogP contribution in [0, 0.1) is 34.0 Å². The lowest BCUT2D eigenvalue weighted by molar-refractivity contribution is -0.261. The third kappa shape index (κ3) is 1.83. The van der Waals surface area contributed by atoms with Crippen molar-refractivity contribution < 1.29 is 14.6 Å². The van der Waals surface area contributed by atoms with Crippen LogP contribution in [0.25, 0.3) is 0 Å². The molecule has 3 saturated carbocycles. The zero-order valence-electron chi connectivity index (χ0n) is 16.3. The van der Waals surface area contributed by atoms with Crippen LogP contribution >= 0.6 is 0 Å². The fourth-order valence-electron chi connectivity index (χ4n) is 8.04. The van der Waals surface area contributed by atoms with Crippen LogP contribution in [0.4, 0.5) is 0 Å². The zero-order chi connectivity index (χ0) is 17.6. The largest absolute Gasteiger partial charge is 0.393 e. The average Bonchev–Trinajstić information content (AvgIpc) is 2.87. The molecule has 140 valence electrons. The first-order chi connectivity index (χ1) is 11.9. The molecule has 8 atom stereocenters. The van der Waals surface area contributed by atoms with Gasteiger partial charge in [0.2, 0.25) is 0 Å². The summed E-state index contributed by atoms with van der Waals surface area (Å²) in [6.07, 6.45) is 10.0. The maximum absolute atomic E-state index is 10.6. The van der Waals surface area contributed by atoms with E-state index in [2.05, 4.69) is 26.8 Å². The van der Waals surface area contributed by atoms with Gasteiger partial charge in [-0.1, -0.05) is 32.4 Å². The van der Waals surface area contributed by atoms with Gasteiger partial charge in [-0.3, -0.25) is 0 Å². The van der Waals surface area contributed by atoms with E-state index in [0.717, 1.165) is 31.3 Å². The molecule has 3 heteroatoms. The van der Waals surface area contributed by atoms with Crippen molar-refractivity contribution in [3.63, 3.8) is 0 Å². The number of aliphatic hydroxyl groups excluding tert-OH is 1. The highest BCUT2D eigenvalue weighted by molar-refractivity contribution is 5.36. The van der Waals surface area contributed by atoms with Gasteiger partial charge in [0.1, 0.15) is 0 Å². The molecule has 5 aliphatic rings. The first kappa shape index (κ1) is 16.8. The molecule has 4 aliphatic carbocycles. The third-order valence-corrected chi connectivity index (χ3v) is 9.45. The number of hydrogen-bond acceptors (Lipinski definition) is 3. The highest BCUT2D eigenvalue weighted by Crippen LogP contribution is 2.70. The second-order valence-corrected chi connectivity index (χ2v) is 10.4. The lowest BCUT2D eigenvalue weighted by Crippen LogP contribution is -2.69. The summed E-state index contributed by atoms with van der Waals surface area (Å²) in [5.74, 6) is 2.17. The predicted molar refractivity (Wildman–Crippen MR) is 97.1 cm³/mol. The van der Waals surface area contributed by atoms with Crippen molar-refractivity contribution >= 4 is 0 Å². The Balaban J connectivity index is 1.56. The quantitative estimate of drug-likeness (QED) is 0.731. The highest BCUT2D eigenvalue weighted by Gasteiger charge is 2.68. The Kier molecular flexibility index (Phi) is 3.43. The Bertz CT molecular complexity index is 610. The van der Waals surface area contributed by atoms with Gasteiger partial charge in [0.05, 0.1) is 24.9 Å². The monoisotopic (exact) mass is 346 g/mol.